The zero-order valence-corrected chi connectivity index (χ0v) is 20.1. The van der Waals surface area contributed by atoms with Crippen LogP contribution in [-0.2, 0) is 11.2 Å². The molecule has 0 aliphatic carbocycles. The Kier molecular flexibility index (Phi) is 7.68. The third kappa shape index (κ3) is 7.78. The van der Waals surface area contributed by atoms with Crippen LogP contribution in [0.1, 0.15) is 38.8 Å². The number of nitrogens with two attached hydrogens (primary N) is 2. The molecule has 3 aromatic rings. The van der Waals surface area contributed by atoms with E-state index >= 15 is 0 Å². The van der Waals surface area contributed by atoms with Gasteiger partial charge in [0.15, 0.2) is 0 Å². The lowest BCUT2D eigenvalue weighted by Crippen LogP contribution is -2.69. The van der Waals surface area contributed by atoms with Crippen LogP contribution in [0.3, 0.4) is 0 Å². The summed E-state index contributed by atoms with van der Waals surface area (Å²) in [5.41, 5.74) is 16.8. The van der Waals surface area contributed by atoms with Gasteiger partial charge in [-0.3, -0.25) is 5.32 Å². The number of carbonyl (C=O) groups excluding carboxylic acids is 1. The van der Waals surface area contributed by atoms with Crippen LogP contribution in [0.4, 0.5) is 16.3 Å². The fraction of sp³-hybridized carbons (Fsp3) is 0.222. The van der Waals surface area contributed by atoms with Crippen molar-refractivity contribution in [3.63, 3.8) is 0 Å². The summed E-state index contributed by atoms with van der Waals surface area (Å²) in [5.74, 6) is 0.918. The van der Waals surface area contributed by atoms with Crippen LogP contribution in [0.15, 0.2) is 78.5 Å². The summed E-state index contributed by atoms with van der Waals surface area (Å²) < 4.78 is 5.27. The van der Waals surface area contributed by atoms with Gasteiger partial charge in [0.2, 0.25) is 5.84 Å². The first-order chi connectivity index (χ1) is 16.1. The quantitative estimate of drug-likeness (QED) is 0.257. The highest BCUT2D eigenvalue weighted by molar-refractivity contribution is 5.88. The minimum atomic E-state index is -0.585. The molecule has 0 radical (unpaired) electrons. The Labute approximate surface area is 200 Å². The molecular formula is C27H32N5O2+. The van der Waals surface area contributed by atoms with Crippen molar-refractivity contribution in [3.05, 3.63) is 89.6 Å². The lowest BCUT2D eigenvalue weighted by Gasteiger charge is -2.19. The van der Waals surface area contributed by atoms with E-state index in [2.05, 4.69) is 22.4 Å². The van der Waals surface area contributed by atoms with Crippen molar-refractivity contribution in [2.75, 3.05) is 5.73 Å². The van der Waals surface area contributed by atoms with Crippen LogP contribution >= 0.6 is 0 Å². The van der Waals surface area contributed by atoms with E-state index in [1.807, 2.05) is 54.6 Å². The molecule has 0 saturated heterocycles. The Balaban J connectivity index is 1.91. The van der Waals surface area contributed by atoms with Crippen molar-refractivity contribution in [1.29, 1.82) is 0 Å². The van der Waals surface area contributed by atoms with Crippen LogP contribution in [-0.4, -0.2) is 22.5 Å². The number of rotatable bonds is 6. The van der Waals surface area contributed by atoms with Crippen LogP contribution in [0.2, 0.25) is 0 Å². The number of alkyl carbamates (subject to hydrolysis) is 1. The molecule has 6 N–H and O–H groups in total. The molecule has 0 fully saturated rings. The van der Waals surface area contributed by atoms with Gasteiger partial charge in [-0.1, -0.05) is 42.5 Å². The average Bonchev–Trinajstić information content (AvgIpc) is 2.72. The normalized spacial score (nSPS) is 12.4. The molecule has 0 aliphatic heterocycles. The lowest BCUT2D eigenvalue weighted by molar-refractivity contribution is -0.358. The van der Waals surface area contributed by atoms with Gasteiger partial charge in [-0.05, 0) is 63.4 Å². The summed E-state index contributed by atoms with van der Waals surface area (Å²) in [6.45, 7) is 7.15. The van der Waals surface area contributed by atoms with Crippen molar-refractivity contribution in [2.24, 2.45) is 5.73 Å². The number of carbonyl (C=O) groups is 1. The first-order valence-corrected chi connectivity index (χ1v) is 11.1. The minimum Gasteiger partial charge on any atom is -0.444 e. The van der Waals surface area contributed by atoms with E-state index in [0.29, 0.717) is 23.0 Å². The van der Waals surface area contributed by atoms with Crippen LogP contribution in [0.5, 0.6) is 0 Å². The van der Waals surface area contributed by atoms with E-state index in [4.69, 9.17) is 21.2 Å². The highest BCUT2D eigenvalue weighted by Crippen LogP contribution is 2.23. The van der Waals surface area contributed by atoms with Crippen molar-refractivity contribution in [2.45, 2.75) is 39.7 Å². The number of pyridine rings is 1. The largest absolute Gasteiger partial charge is 0.444 e. The fourth-order valence-corrected chi connectivity index (χ4v) is 3.35. The van der Waals surface area contributed by atoms with E-state index in [-0.39, 0.29) is 0 Å². The SMILES string of the molecule is C/C(=C/C(N)=[NH+]\c1cc(Cc2ccccc2)cc(-c2cccc(N)c2)n1)NC(=O)OC(C)(C)C. The molecule has 2 aromatic carbocycles. The van der Waals surface area contributed by atoms with Gasteiger partial charge in [-0.15, -0.1) is 4.98 Å². The molecule has 0 aliphatic rings. The number of nitrogen functional groups attached to an aromatic ring is 1. The van der Waals surface area contributed by atoms with Gasteiger partial charge in [-0.25, -0.2) is 9.79 Å². The molecule has 7 nitrogen and oxygen atoms in total. The predicted molar refractivity (Wildman–Crippen MR) is 136 cm³/mol. The van der Waals surface area contributed by atoms with Gasteiger partial charge in [0.1, 0.15) is 11.3 Å². The fourth-order valence-electron chi connectivity index (χ4n) is 3.35. The molecule has 1 amide bonds. The number of nitrogens with one attached hydrogen (secondary N) is 2. The maximum atomic E-state index is 12.0. The van der Waals surface area contributed by atoms with Crippen LogP contribution in [0.25, 0.3) is 11.3 Å². The standard InChI is InChI=1S/C27H31N5O2/c1-18(30-26(33)34-27(2,3)4)13-24(29)32-25-16-20(14-19-9-6-5-7-10-19)15-23(31-25)21-11-8-12-22(28)17-21/h5-13,15-17H,14,28H2,1-4H3,(H,30,33)(H2,29,31,32)/p+1/b18-13-. The molecule has 176 valence electrons. The van der Waals surface area contributed by atoms with Crippen molar-refractivity contribution >= 4 is 23.4 Å². The number of allylic oxidation sites excluding steroid dienone is 1. The second kappa shape index (κ2) is 10.7. The molecule has 34 heavy (non-hydrogen) atoms. The second-order valence-electron chi connectivity index (χ2n) is 9.07. The summed E-state index contributed by atoms with van der Waals surface area (Å²) in [6, 6.07) is 21.8. The summed E-state index contributed by atoms with van der Waals surface area (Å²) in [7, 11) is 0. The Morgan fingerprint density at radius 3 is 2.47 bits per heavy atom. The monoisotopic (exact) mass is 458 g/mol. The lowest BCUT2D eigenvalue weighted by atomic mass is 10.0. The Bertz CT molecular complexity index is 1210. The molecule has 1 aromatic heterocycles. The number of amides is 1. The molecule has 3 rings (SSSR count). The number of nitrogens with zero attached hydrogens (tertiary/aromatic N) is 1. The van der Waals surface area contributed by atoms with Crippen LogP contribution in [0, 0.1) is 0 Å². The van der Waals surface area contributed by atoms with E-state index in [0.717, 1.165) is 23.2 Å². The maximum absolute atomic E-state index is 12.0. The van der Waals surface area contributed by atoms with Gasteiger partial charge >= 0.3 is 6.09 Å². The van der Waals surface area contributed by atoms with E-state index in [1.54, 1.807) is 33.8 Å². The van der Waals surface area contributed by atoms with Crippen LogP contribution < -0.4 is 21.8 Å². The summed E-state index contributed by atoms with van der Waals surface area (Å²) in [6.07, 6.45) is 1.82. The van der Waals surface area contributed by atoms with Crippen molar-refractivity contribution < 1.29 is 14.5 Å². The van der Waals surface area contributed by atoms with Crippen molar-refractivity contribution in [3.8, 4) is 11.3 Å². The second-order valence-corrected chi connectivity index (χ2v) is 9.07. The van der Waals surface area contributed by atoms with Gasteiger partial charge in [-0.2, -0.15) is 0 Å². The maximum Gasteiger partial charge on any atom is 0.411 e. The smallest absolute Gasteiger partial charge is 0.411 e. The number of benzene rings is 2. The Morgan fingerprint density at radius 1 is 1.06 bits per heavy atom. The topological polar surface area (TPSA) is 117 Å². The molecule has 7 heteroatoms. The Hall–Kier alpha value is -4.13. The molecular weight excluding hydrogens is 426 g/mol. The van der Waals surface area contributed by atoms with E-state index < -0.39 is 11.7 Å². The van der Waals surface area contributed by atoms with Gasteiger partial charge < -0.3 is 16.2 Å². The molecule has 1 heterocycles. The average molecular weight is 459 g/mol. The number of amidine groups is 1. The predicted octanol–water partition coefficient (Wildman–Crippen LogP) is 3.42. The van der Waals surface area contributed by atoms with Gasteiger partial charge in [0, 0.05) is 29.1 Å². The third-order valence-electron chi connectivity index (χ3n) is 4.66. The van der Waals surface area contributed by atoms with Gasteiger partial charge in [0.05, 0.1) is 0 Å². The number of aromatic nitrogens is 1. The minimum absolute atomic E-state index is 0.330. The highest BCUT2D eigenvalue weighted by Gasteiger charge is 2.16. The number of anilines is 1. The molecule has 0 spiro atoms. The van der Waals surface area contributed by atoms with Gasteiger partial charge in [0.25, 0.3) is 5.82 Å². The zero-order chi connectivity index (χ0) is 24.7. The number of hydrogen-bond acceptors (Lipinski definition) is 4. The first kappa shape index (κ1) is 24.5. The molecule has 0 bridgehead atoms. The van der Waals surface area contributed by atoms with Crippen molar-refractivity contribution in [1.82, 2.24) is 10.3 Å². The molecule has 0 saturated carbocycles. The highest BCUT2D eigenvalue weighted by atomic mass is 16.6. The molecule has 0 unspecified atom stereocenters. The first-order valence-electron chi connectivity index (χ1n) is 11.1. The Morgan fingerprint density at radius 2 is 1.79 bits per heavy atom. The van der Waals surface area contributed by atoms with E-state index in [9.17, 15) is 4.79 Å². The summed E-state index contributed by atoms with van der Waals surface area (Å²) in [4.78, 5) is 19.9. The zero-order valence-electron chi connectivity index (χ0n) is 20.1. The number of ether oxygens (including phenoxy) is 1. The summed E-state index contributed by atoms with van der Waals surface area (Å²) >= 11 is 0. The summed E-state index contributed by atoms with van der Waals surface area (Å²) in [5, 5.41) is 2.67. The number of hydrogen-bond donors (Lipinski definition) is 4. The molecule has 0 atom stereocenters. The van der Waals surface area contributed by atoms with E-state index in [1.165, 1.54) is 5.56 Å². The third-order valence-corrected chi connectivity index (χ3v) is 4.66.